The molecular formula is C15H15N3O2. The average molecular weight is 269 g/mol. The van der Waals surface area contributed by atoms with Crippen LogP contribution >= 0.6 is 0 Å². The molecule has 1 atom stereocenters. The van der Waals surface area contributed by atoms with Gasteiger partial charge in [0.15, 0.2) is 0 Å². The van der Waals surface area contributed by atoms with Crippen LogP contribution in [0.3, 0.4) is 0 Å². The molecule has 0 aliphatic rings. The van der Waals surface area contributed by atoms with Crippen LogP contribution in [0, 0.1) is 11.8 Å². The van der Waals surface area contributed by atoms with Crippen LogP contribution < -0.4 is 5.32 Å². The summed E-state index contributed by atoms with van der Waals surface area (Å²) in [5.41, 5.74) is 2.25. The number of aromatic amines is 1. The maximum Gasteiger partial charge on any atom is 0.254 e. The third-order valence-electron chi connectivity index (χ3n) is 2.81. The molecule has 0 spiro atoms. The minimum atomic E-state index is -0.182. The summed E-state index contributed by atoms with van der Waals surface area (Å²) in [5.74, 6) is 5.26. The molecule has 0 aliphatic heterocycles. The second-order valence-electron chi connectivity index (χ2n) is 4.27. The minimum absolute atomic E-state index is 0.145. The fourth-order valence-electron chi connectivity index (χ4n) is 1.77. The quantitative estimate of drug-likeness (QED) is 0.734. The number of benzene rings is 1. The summed E-state index contributed by atoms with van der Waals surface area (Å²) >= 11 is 0. The summed E-state index contributed by atoms with van der Waals surface area (Å²) in [6, 6.07) is 7.40. The van der Waals surface area contributed by atoms with E-state index in [1.54, 1.807) is 6.20 Å². The Morgan fingerprint density at radius 3 is 3.10 bits per heavy atom. The predicted octanol–water partition coefficient (Wildman–Crippen LogP) is 1.24. The number of carbonyl (C=O) groups excluding carboxylic acids is 1. The summed E-state index contributed by atoms with van der Waals surface area (Å²) in [4.78, 5) is 11.9. The van der Waals surface area contributed by atoms with Gasteiger partial charge in [0.2, 0.25) is 0 Å². The first-order valence-electron chi connectivity index (χ1n) is 6.20. The molecule has 1 aromatic carbocycles. The van der Waals surface area contributed by atoms with Gasteiger partial charge in [0.05, 0.1) is 17.8 Å². The molecule has 0 saturated carbocycles. The molecule has 5 heteroatoms. The molecule has 0 bridgehead atoms. The average Bonchev–Trinajstić information content (AvgIpc) is 2.99. The molecule has 0 aliphatic carbocycles. The second-order valence-corrected chi connectivity index (χ2v) is 4.27. The molecule has 20 heavy (non-hydrogen) atoms. The Labute approximate surface area is 117 Å². The zero-order valence-corrected chi connectivity index (χ0v) is 11.1. The predicted molar refractivity (Wildman–Crippen MR) is 74.9 cm³/mol. The maximum absolute atomic E-state index is 11.9. The monoisotopic (exact) mass is 269 g/mol. The van der Waals surface area contributed by atoms with E-state index < -0.39 is 0 Å². The van der Waals surface area contributed by atoms with Crippen LogP contribution in [0.1, 0.15) is 34.5 Å². The van der Waals surface area contributed by atoms with Crippen LogP contribution in [-0.4, -0.2) is 27.8 Å². The van der Waals surface area contributed by atoms with E-state index in [9.17, 15) is 4.79 Å². The summed E-state index contributed by atoms with van der Waals surface area (Å²) in [6.07, 6.45) is 3.02. The Balaban J connectivity index is 2.09. The molecule has 0 saturated heterocycles. The van der Waals surface area contributed by atoms with Gasteiger partial charge in [-0.25, -0.2) is 0 Å². The Morgan fingerprint density at radius 1 is 1.55 bits per heavy atom. The number of nitrogens with zero attached hydrogens (tertiary/aromatic N) is 1. The third-order valence-corrected chi connectivity index (χ3v) is 2.81. The van der Waals surface area contributed by atoms with E-state index in [-0.39, 0.29) is 18.6 Å². The van der Waals surface area contributed by atoms with E-state index in [0.717, 1.165) is 11.1 Å². The number of carbonyl (C=O) groups is 1. The van der Waals surface area contributed by atoms with Gasteiger partial charge in [0, 0.05) is 11.8 Å². The molecule has 1 amide bonds. The fraction of sp³-hybridized carbons (Fsp3) is 0.200. The van der Waals surface area contributed by atoms with Gasteiger partial charge >= 0.3 is 0 Å². The lowest BCUT2D eigenvalue weighted by atomic mass is 10.0. The van der Waals surface area contributed by atoms with Crippen LogP contribution in [-0.2, 0) is 0 Å². The first kappa shape index (κ1) is 13.8. The van der Waals surface area contributed by atoms with Crippen molar-refractivity contribution < 1.29 is 9.90 Å². The third kappa shape index (κ3) is 3.46. The van der Waals surface area contributed by atoms with Crippen molar-refractivity contribution in [1.29, 1.82) is 0 Å². The molecule has 0 fully saturated rings. The van der Waals surface area contributed by atoms with Crippen molar-refractivity contribution in [1.82, 2.24) is 15.5 Å². The number of H-pyrrole nitrogens is 1. The van der Waals surface area contributed by atoms with Crippen molar-refractivity contribution in [3.63, 3.8) is 0 Å². The fourth-order valence-corrected chi connectivity index (χ4v) is 1.77. The van der Waals surface area contributed by atoms with Crippen LogP contribution in [0.2, 0.25) is 0 Å². The van der Waals surface area contributed by atoms with Gasteiger partial charge in [-0.05, 0) is 24.6 Å². The van der Waals surface area contributed by atoms with Crippen molar-refractivity contribution in [2.75, 3.05) is 6.61 Å². The van der Waals surface area contributed by atoms with E-state index in [1.807, 2.05) is 31.2 Å². The van der Waals surface area contributed by atoms with Gasteiger partial charge in [0.1, 0.15) is 6.61 Å². The van der Waals surface area contributed by atoms with E-state index in [4.69, 9.17) is 5.11 Å². The van der Waals surface area contributed by atoms with Crippen LogP contribution in [0.5, 0.6) is 0 Å². The molecule has 102 valence electrons. The molecular weight excluding hydrogens is 254 g/mol. The Kier molecular flexibility index (Phi) is 4.53. The first-order chi connectivity index (χ1) is 9.70. The Morgan fingerprint density at radius 2 is 2.40 bits per heavy atom. The number of nitrogens with one attached hydrogen (secondary N) is 2. The van der Waals surface area contributed by atoms with Crippen molar-refractivity contribution in [3.8, 4) is 11.8 Å². The van der Waals surface area contributed by atoms with Gasteiger partial charge < -0.3 is 10.4 Å². The van der Waals surface area contributed by atoms with Gasteiger partial charge in [-0.2, -0.15) is 5.10 Å². The molecule has 1 unspecified atom stereocenters. The number of rotatable bonds is 3. The molecule has 1 aromatic heterocycles. The number of amides is 1. The summed E-state index contributed by atoms with van der Waals surface area (Å²) in [6.45, 7) is 1.73. The van der Waals surface area contributed by atoms with Gasteiger partial charge in [0.25, 0.3) is 5.91 Å². The Bertz CT molecular complexity index is 639. The number of hydrogen-bond donors (Lipinski definition) is 3. The van der Waals surface area contributed by atoms with Crippen LogP contribution in [0.4, 0.5) is 0 Å². The molecule has 3 N–H and O–H groups in total. The van der Waals surface area contributed by atoms with Crippen molar-refractivity contribution in [2.24, 2.45) is 0 Å². The first-order valence-corrected chi connectivity index (χ1v) is 6.20. The Hall–Kier alpha value is -2.58. The zero-order valence-electron chi connectivity index (χ0n) is 11.1. The smallest absolute Gasteiger partial charge is 0.254 e. The number of hydrogen-bond acceptors (Lipinski definition) is 3. The highest BCUT2D eigenvalue weighted by Crippen LogP contribution is 2.14. The zero-order chi connectivity index (χ0) is 14.4. The number of aliphatic hydroxyl groups excluding tert-OH is 1. The molecule has 5 nitrogen and oxygen atoms in total. The van der Waals surface area contributed by atoms with E-state index >= 15 is 0 Å². The van der Waals surface area contributed by atoms with Crippen LogP contribution in [0.25, 0.3) is 0 Å². The van der Waals surface area contributed by atoms with Gasteiger partial charge in [-0.15, -0.1) is 0 Å². The number of aliphatic hydroxyl groups is 1. The lowest BCUT2D eigenvalue weighted by Crippen LogP contribution is -2.26. The van der Waals surface area contributed by atoms with Crippen molar-refractivity contribution in [3.05, 3.63) is 53.3 Å². The lowest BCUT2D eigenvalue weighted by Gasteiger charge is -2.14. The lowest BCUT2D eigenvalue weighted by molar-refractivity contribution is 0.0940. The largest absolute Gasteiger partial charge is 0.384 e. The van der Waals surface area contributed by atoms with Gasteiger partial charge in [-0.1, -0.05) is 24.0 Å². The number of aromatic nitrogens is 2. The van der Waals surface area contributed by atoms with Crippen LogP contribution in [0.15, 0.2) is 36.7 Å². The summed E-state index contributed by atoms with van der Waals surface area (Å²) < 4.78 is 0. The normalized spacial score (nSPS) is 11.3. The van der Waals surface area contributed by atoms with Crippen molar-refractivity contribution >= 4 is 5.91 Å². The molecule has 2 rings (SSSR count). The molecule has 0 radical (unpaired) electrons. The van der Waals surface area contributed by atoms with E-state index in [0.29, 0.717) is 5.56 Å². The van der Waals surface area contributed by atoms with E-state index in [2.05, 4.69) is 27.4 Å². The maximum atomic E-state index is 11.9. The highest BCUT2D eigenvalue weighted by Gasteiger charge is 2.12. The molecule has 2 aromatic rings. The van der Waals surface area contributed by atoms with Gasteiger partial charge in [-0.3, -0.25) is 9.89 Å². The second kappa shape index (κ2) is 6.55. The molecule has 1 heterocycles. The topological polar surface area (TPSA) is 78.0 Å². The minimum Gasteiger partial charge on any atom is -0.384 e. The van der Waals surface area contributed by atoms with E-state index in [1.165, 1.54) is 6.20 Å². The highest BCUT2D eigenvalue weighted by atomic mass is 16.2. The highest BCUT2D eigenvalue weighted by molar-refractivity contribution is 5.93. The summed E-state index contributed by atoms with van der Waals surface area (Å²) in [5, 5.41) is 17.9. The summed E-state index contributed by atoms with van der Waals surface area (Å²) in [7, 11) is 0. The van der Waals surface area contributed by atoms with Crippen molar-refractivity contribution in [2.45, 2.75) is 13.0 Å². The SMILES string of the molecule is CC(NC(=O)c1cn[nH]c1)c1cccc(C#CCO)c1. The standard InChI is InChI=1S/C15H15N3O2/c1-11(18-15(20)14-9-16-17-10-14)13-6-2-4-12(8-13)5-3-7-19/h2,4,6,8-11,19H,7H2,1H3,(H,16,17)(H,18,20).